The fourth-order valence-corrected chi connectivity index (χ4v) is 1.89. The molecule has 0 aromatic rings. The molecule has 11 heavy (non-hydrogen) atoms. The Bertz CT molecular complexity index is 254. The lowest BCUT2D eigenvalue weighted by Gasteiger charge is -2.09. The monoisotopic (exact) mass is 152 g/mol. The number of carboxylic acid groups (broad SMARTS) is 1. The summed E-state index contributed by atoms with van der Waals surface area (Å²) in [6.45, 7) is 0. The van der Waals surface area contributed by atoms with E-state index in [2.05, 4.69) is 0 Å². The minimum atomic E-state index is -0.838. The zero-order valence-electron chi connectivity index (χ0n) is 5.86. The molecule has 0 radical (unpaired) electrons. The van der Waals surface area contributed by atoms with E-state index in [1.54, 1.807) is 6.08 Å². The predicted octanol–water partition coefficient (Wildman–Crippen LogP) is 0.462. The molecule has 1 N–H and O–H groups in total. The van der Waals surface area contributed by atoms with Gasteiger partial charge in [-0.1, -0.05) is 12.2 Å². The average molecular weight is 152 g/mol. The molecule has 0 aromatic carbocycles. The molecule has 1 fully saturated rings. The number of hydrogen-bond acceptors (Lipinski definition) is 2. The molecule has 0 unspecified atom stereocenters. The molecule has 0 heterocycles. The summed E-state index contributed by atoms with van der Waals surface area (Å²) in [5.41, 5.74) is 0. The number of ketones is 1. The summed E-state index contributed by atoms with van der Waals surface area (Å²) in [7, 11) is 0. The summed E-state index contributed by atoms with van der Waals surface area (Å²) in [4.78, 5) is 21.7. The molecular weight excluding hydrogens is 144 g/mol. The topological polar surface area (TPSA) is 54.4 Å². The largest absolute Gasteiger partial charge is 0.481 e. The van der Waals surface area contributed by atoms with Crippen LogP contribution < -0.4 is 0 Å². The van der Waals surface area contributed by atoms with Crippen LogP contribution in [0.3, 0.4) is 0 Å². The van der Waals surface area contributed by atoms with Gasteiger partial charge in [-0.15, -0.1) is 0 Å². The van der Waals surface area contributed by atoms with Gasteiger partial charge in [-0.2, -0.15) is 0 Å². The third-order valence-electron chi connectivity index (χ3n) is 2.50. The number of fused-ring (bicyclic) bond motifs is 2. The smallest absolute Gasteiger partial charge is 0.307 e. The molecule has 1 saturated carbocycles. The summed E-state index contributed by atoms with van der Waals surface area (Å²) < 4.78 is 0. The van der Waals surface area contributed by atoms with Gasteiger partial charge in [0.25, 0.3) is 0 Å². The van der Waals surface area contributed by atoms with E-state index in [0.717, 1.165) is 0 Å². The first-order valence-corrected chi connectivity index (χ1v) is 3.65. The summed E-state index contributed by atoms with van der Waals surface area (Å²) >= 11 is 0. The van der Waals surface area contributed by atoms with Gasteiger partial charge in [0.2, 0.25) is 0 Å². The Hall–Kier alpha value is -1.12. The van der Waals surface area contributed by atoms with Crippen molar-refractivity contribution in [3.05, 3.63) is 12.2 Å². The SMILES string of the molecule is O=C1[C@@H]2C=C[C@@H]1[C@H](C(=O)O)C2. The lowest BCUT2D eigenvalue weighted by Crippen LogP contribution is -2.19. The maximum absolute atomic E-state index is 11.2. The second-order valence-electron chi connectivity index (χ2n) is 3.10. The maximum Gasteiger partial charge on any atom is 0.307 e. The van der Waals surface area contributed by atoms with Crippen molar-refractivity contribution in [3.63, 3.8) is 0 Å². The lowest BCUT2D eigenvalue weighted by atomic mass is 9.94. The fraction of sp³-hybridized carbons (Fsp3) is 0.500. The van der Waals surface area contributed by atoms with Gasteiger partial charge in [0, 0.05) is 11.8 Å². The fourth-order valence-electron chi connectivity index (χ4n) is 1.89. The molecule has 0 amide bonds. The minimum absolute atomic E-state index is 0.0948. The van der Waals surface area contributed by atoms with Gasteiger partial charge < -0.3 is 5.11 Å². The quantitative estimate of drug-likeness (QED) is 0.555. The van der Waals surface area contributed by atoms with Crippen LogP contribution in [0.2, 0.25) is 0 Å². The molecule has 0 aliphatic heterocycles. The summed E-state index contributed by atoms with van der Waals surface area (Å²) in [6.07, 6.45) is 4.07. The van der Waals surface area contributed by atoms with E-state index in [-0.39, 0.29) is 17.6 Å². The number of rotatable bonds is 1. The molecule has 0 aromatic heterocycles. The van der Waals surface area contributed by atoms with E-state index in [1.807, 2.05) is 6.08 Å². The van der Waals surface area contributed by atoms with Crippen LogP contribution in [0.5, 0.6) is 0 Å². The van der Waals surface area contributed by atoms with Crippen LogP contribution in [0.25, 0.3) is 0 Å². The number of carbonyl (C=O) groups is 2. The van der Waals surface area contributed by atoms with Gasteiger partial charge in [0.1, 0.15) is 5.78 Å². The van der Waals surface area contributed by atoms with Gasteiger partial charge in [0.05, 0.1) is 5.92 Å². The number of carboxylic acids is 1. The Labute approximate surface area is 63.7 Å². The highest BCUT2D eigenvalue weighted by Gasteiger charge is 2.46. The lowest BCUT2D eigenvalue weighted by molar-refractivity contribution is -0.143. The molecule has 58 valence electrons. The number of carbonyl (C=O) groups excluding carboxylic acids is 1. The summed E-state index contributed by atoms with van der Waals surface area (Å²) in [5, 5.41) is 8.67. The van der Waals surface area contributed by atoms with Crippen molar-refractivity contribution in [2.24, 2.45) is 17.8 Å². The highest BCUT2D eigenvalue weighted by atomic mass is 16.4. The van der Waals surface area contributed by atoms with E-state index in [9.17, 15) is 9.59 Å². The van der Waals surface area contributed by atoms with Crippen LogP contribution in [0.4, 0.5) is 0 Å². The zero-order chi connectivity index (χ0) is 8.01. The average Bonchev–Trinajstić information content (AvgIpc) is 2.46. The van der Waals surface area contributed by atoms with Crippen LogP contribution >= 0.6 is 0 Å². The van der Waals surface area contributed by atoms with E-state index >= 15 is 0 Å². The van der Waals surface area contributed by atoms with Crippen LogP contribution in [0.1, 0.15) is 6.42 Å². The number of allylic oxidation sites excluding steroid dienone is 2. The molecule has 0 saturated heterocycles. The first-order chi connectivity index (χ1) is 5.20. The van der Waals surface area contributed by atoms with Crippen LogP contribution in [0, 0.1) is 17.8 Å². The number of hydrogen-bond donors (Lipinski definition) is 1. The normalized spacial score (nSPS) is 40.0. The Morgan fingerprint density at radius 1 is 1.55 bits per heavy atom. The molecular formula is C8H8O3. The first kappa shape index (κ1) is 6.58. The molecule has 2 rings (SSSR count). The van der Waals surface area contributed by atoms with Gasteiger partial charge in [0.15, 0.2) is 0 Å². The van der Waals surface area contributed by atoms with E-state index in [4.69, 9.17) is 5.11 Å². The predicted molar refractivity (Wildman–Crippen MR) is 36.9 cm³/mol. The van der Waals surface area contributed by atoms with Gasteiger partial charge in [-0.3, -0.25) is 9.59 Å². The van der Waals surface area contributed by atoms with Gasteiger partial charge in [-0.25, -0.2) is 0 Å². The van der Waals surface area contributed by atoms with Gasteiger partial charge in [-0.05, 0) is 6.42 Å². The van der Waals surface area contributed by atoms with Gasteiger partial charge >= 0.3 is 5.97 Å². The third-order valence-corrected chi connectivity index (χ3v) is 2.50. The van der Waals surface area contributed by atoms with Crippen molar-refractivity contribution in [2.45, 2.75) is 6.42 Å². The van der Waals surface area contributed by atoms with Crippen molar-refractivity contribution in [1.82, 2.24) is 0 Å². The summed E-state index contributed by atoms with van der Waals surface area (Å²) in [5.74, 6) is -1.61. The van der Waals surface area contributed by atoms with Crippen molar-refractivity contribution < 1.29 is 14.7 Å². The van der Waals surface area contributed by atoms with Crippen molar-refractivity contribution in [1.29, 1.82) is 0 Å². The Balaban J connectivity index is 2.28. The van der Waals surface area contributed by atoms with Crippen LogP contribution in [-0.2, 0) is 9.59 Å². The second kappa shape index (κ2) is 1.94. The van der Waals surface area contributed by atoms with E-state index in [0.29, 0.717) is 6.42 Å². The standard InChI is InChI=1S/C8H8O3/c9-7-4-1-2-5(7)6(3-4)8(10)11/h1-2,4-6H,3H2,(H,10,11)/t4-,5-,6-/m1/s1. The van der Waals surface area contributed by atoms with Crippen LogP contribution in [0.15, 0.2) is 12.2 Å². The van der Waals surface area contributed by atoms with E-state index in [1.165, 1.54) is 0 Å². The highest BCUT2D eigenvalue weighted by molar-refractivity contribution is 5.96. The third kappa shape index (κ3) is 0.737. The molecule has 2 bridgehead atoms. The molecule has 2 aliphatic rings. The molecule has 3 atom stereocenters. The second-order valence-corrected chi connectivity index (χ2v) is 3.10. The molecule has 3 nitrogen and oxygen atoms in total. The number of Topliss-reactive ketones (excluding diaryl/α,β-unsaturated/α-hetero) is 1. The zero-order valence-corrected chi connectivity index (χ0v) is 5.86. The Kier molecular flexibility index (Phi) is 1.16. The summed E-state index contributed by atoms with van der Waals surface area (Å²) in [6, 6.07) is 0. The highest BCUT2D eigenvalue weighted by Crippen LogP contribution is 2.40. The number of aliphatic carboxylic acids is 1. The van der Waals surface area contributed by atoms with Crippen molar-refractivity contribution in [3.8, 4) is 0 Å². The maximum atomic E-state index is 11.2. The van der Waals surface area contributed by atoms with Crippen LogP contribution in [-0.4, -0.2) is 16.9 Å². The Morgan fingerprint density at radius 3 is 2.55 bits per heavy atom. The molecule has 2 aliphatic carbocycles. The molecule has 3 heteroatoms. The van der Waals surface area contributed by atoms with E-state index < -0.39 is 11.9 Å². The van der Waals surface area contributed by atoms with Crippen molar-refractivity contribution in [2.75, 3.05) is 0 Å². The first-order valence-electron chi connectivity index (χ1n) is 3.65. The van der Waals surface area contributed by atoms with Crippen molar-refractivity contribution >= 4 is 11.8 Å². The molecule has 0 spiro atoms. The minimum Gasteiger partial charge on any atom is -0.481 e. The Morgan fingerprint density at radius 2 is 2.27 bits per heavy atom.